The van der Waals surface area contributed by atoms with Gasteiger partial charge < -0.3 is 9.64 Å². The highest BCUT2D eigenvalue weighted by Gasteiger charge is 2.27. The van der Waals surface area contributed by atoms with Crippen molar-refractivity contribution in [2.75, 3.05) is 4.90 Å². The highest BCUT2D eigenvalue weighted by molar-refractivity contribution is 5.86. The predicted octanol–water partition coefficient (Wildman–Crippen LogP) is 8.46. The molecule has 32 heavy (non-hydrogen) atoms. The monoisotopic (exact) mass is 419 g/mol. The Balaban J connectivity index is 1.61. The van der Waals surface area contributed by atoms with E-state index in [-0.39, 0.29) is 5.41 Å². The highest BCUT2D eigenvalue weighted by atomic mass is 16.5. The lowest BCUT2D eigenvalue weighted by Gasteiger charge is -2.34. The maximum absolute atomic E-state index is 6.53. The summed E-state index contributed by atoms with van der Waals surface area (Å²) < 4.78 is 6.53. The van der Waals surface area contributed by atoms with Crippen LogP contribution in [0.25, 0.3) is 0 Å². The molecule has 0 atom stereocenters. The molecule has 1 aliphatic heterocycles. The number of nitrogens with zero attached hydrogens (tertiary/aromatic N) is 1. The van der Waals surface area contributed by atoms with Gasteiger partial charge in [0.1, 0.15) is 0 Å². The molecular weight excluding hydrogens is 390 g/mol. The average Bonchev–Trinajstić information content (AvgIpc) is 2.78. The second-order valence-electron chi connectivity index (χ2n) is 9.67. The van der Waals surface area contributed by atoms with Crippen LogP contribution in [-0.2, 0) is 11.8 Å². The Morgan fingerprint density at radius 2 is 1.34 bits per heavy atom. The van der Waals surface area contributed by atoms with Crippen molar-refractivity contribution in [3.8, 4) is 11.5 Å². The number of benzene rings is 4. The van der Waals surface area contributed by atoms with Gasteiger partial charge in [-0.15, -0.1) is 0 Å². The van der Waals surface area contributed by atoms with Gasteiger partial charge in [-0.2, -0.15) is 0 Å². The quantitative estimate of drug-likeness (QED) is 0.291. The number of fused-ring (bicyclic) bond motifs is 2. The topological polar surface area (TPSA) is 12.5 Å². The van der Waals surface area contributed by atoms with Crippen molar-refractivity contribution < 1.29 is 4.74 Å². The minimum atomic E-state index is 0.0580. The number of anilines is 3. The van der Waals surface area contributed by atoms with Crippen LogP contribution in [0.1, 0.15) is 43.0 Å². The first kappa shape index (κ1) is 20.4. The SMILES string of the molecule is Cc1ccc(N2c3ccc(Cc4ccccc4)cc3Oc3cc(C(C)(C)C)ccc32)cc1. The van der Waals surface area contributed by atoms with Crippen LogP contribution in [-0.4, -0.2) is 0 Å². The van der Waals surface area contributed by atoms with Gasteiger partial charge in [0.05, 0.1) is 11.4 Å². The van der Waals surface area contributed by atoms with Gasteiger partial charge in [-0.1, -0.05) is 80.9 Å². The Labute approximate surface area is 191 Å². The molecule has 2 heteroatoms. The molecule has 0 saturated carbocycles. The van der Waals surface area contributed by atoms with Crippen LogP contribution in [0.3, 0.4) is 0 Å². The Kier molecular flexibility index (Phi) is 5.01. The van der Waals surface area contributed by atoms with Crippen molar-refractivity contribution in [3.05, 3.63) is 113 Å². The van der Waals surface area contributed by atoms with Gasteiger partial charge >= 0.3 is 0 Å². The van der Waals surface area contributed by atoms with Gasteiger partial charge in [-0.3, -0.25) is 0 Å². The molecule has 5 rings (SSSR count). The lowest BCUT2D eigenvalue weighted by Crippen LogP contribution is -2.18. The summed E-state index contributed by atoms with van der Waals surface area (Å²) >= 11 is 0. The maximum Gasteiger partial charge on any atom is 0.151 e. The van der Waals surface area contributed by atoms with Crippen LogP contribution in [0.5, 0.6) is 11.5 Å². The Bertz CT molecular complexity index is 1250. The summed E-state index contributed by atoms with van der Waals surface area (Å²) in [5.74, 6) is 1.81. The molecule has 0 fully saturated rings. The van der Waals surface area contributed by atoms with Crippen molar-refractivity contribution in [1.29, 1.82) is 0 Å². The zero-order valence-corrected chi connectivity index (χ0v) is 19.2. The molecule has 0 aliphatic carbocycles. The molecule has 0 unspecified atom stereocenters. The van der Waals surface area contributed by atoms with E-state index in [1.807, 2.05) is 0 Å². The summed E-state index contributed by atoms with van der Waals surface area (Å²) in [6.45, 7) is 8.83. The van der Waals surface area contributed by atoms with Crippen LogP contribution in [0.15, 0.2) is 91.0 Å². The molecule has 0 radical (unpaired) electrons. The van der Waals surface area contributed by atoms with Crippen LogP contribution >= 0.6 is 0 Å². The van der Waals surface area contributed by atoms with Crippen LogP contribution in [0.4, 0.5) is 17.1 Å². The van der Waals surface area contributed by atoms with Gasteiger partial charge in [0, 0.05) is 5.69 Å². The zero-order chi connectivity index (χ0) is 22.3. The molecule has 0 N–H and O–H groups in total. The third kappa shape index (κ3) is 3.89. The van der Waals surface area contributed by atoms with Crippen molar-refractivity contribution in [1.82, 2.24) is 0 Å². The summed E-state index contributed by atoms with van der Waals surface area (Å²) in [7, 11) is 0. The smallest absolute Gasteiger partial charge is 0.151 e. The fourth-order valence-electron chi connectivity index (χ4n) is 4.23. The summed E-state index contributed by atoms with van der Waals surface area (Å²) in [5.41, 5.74) is 8.41. The normalized spacial score (nSPS) is 12.7. The summed E-state index contributed by atoms with van der Waals surface area (Å²) in [4.78, 5) is 2.31. The minimum absolute atomic E-state index is 0.0580. The van der Waals surface area contributed by atoms with E-state index in [0.717, 1.165) is 35.0 Å². The molecule has 0 saturated heterocycles. The van der Waals surface area contributed by atoms with E-state index < -0.39 is 0 Å². The third-order valence-electron chi connectivity index (χ3n) is 6.10. The first-order valence-corrected chi connectivity index (χ1v) is 11.2. The zero-order valence-electron chi connectivity index (χ0n) is 19.2. The van der Waals surface area contributed by atoms with E-state index in [2.05, 4.69) is 124 Å². The highest BCUT2D eigenvalue weighted by Crippen LogP contribution is 2.51. The fourth-order valence-corrected chi connectivity index (χ4v) is 4.23. The Hall–Kier alpha value is -3.52. The van der Waals surface area contributed by atoms with Gasteiger partial charge in [0.25, 0.3) is 0 Å². The Morgan fingerprint density at radius 3 is 2.03 bits per heavy atom. The Morgan fingerprint density at radius 1 is 0.688 bits per heavy atom. The molecule has 0 aromatic heterocycles. The summed E-state index contributed by atoms with van der Waals surface area (Å²) in [6.07, 6.45) is 0.886. The molecular formula is C30H29NO. The average molecular weight is 420 g/mol. The van der Waals surface area contributed by atoms with Crippen molar-refractivity contribution in [3.63, 3.8) is 0 Å². The van der Waals surface area contributed by atoms with Gasteiger partial charge in [-0.25, -0.2) is 0 Å². The minimum Gasteiger partial charge on any atom is -0.453 e. The van der Waals surface area contributed by atoms with E-state index in [4.69, 9.17) is 4.74 Å². The predicted molar refractivity (Wildman–Crippen MR) is 134 cm³/mol. The second kappa shape index (κ2) is 7.87. The molecule has 1 aliphatic rings. The second-order valence-corrected chi connectivity index (χ2v) is 9.67. The molecule has 4 aromatic rings. The van der Waals surface area contributed by atoms with Crippen LogP contribution in [0.2, 0.25) is 0 Å². The molecule has 0 bridgehead atoms. The van der Waals surface area contributed by atoms with E-state index in [9.17, 15) is 0 Å². The summed E-state index contributed by atoms with van der Waals surface area (Å²) in [6, 6.07) is 32.5. The number of hydrogen-bond donors (Lipinski definition) is 0. The molecule has 4 aromatic carbocycles. The fraction of sp³-hybridized carbons (Fsp3) is 0.200. The van der Waals surface area contributed by atoms with E-state index >= 15 is 0 Å². The molecule has 1 heterocycles. The molecule has 0 spiro atoms. The maximum atomic E-state index is 6.53. The van der Waals surface area contributed by atoms with E-state index in [1.54, 1.807) is 0 Å². The summed E-state index contributed by atoms with van der Waals surface area (Å²) in [5, 5.41) is 0. The third-order valence-corrected chi connectivity index (χ3v) is 6.10. The van der Waals surface area contributed by atoms with Crippen molar-refractivity contribution in [2.24, 2.45) is 0 Å². The molecule has 2 nitrogen and oxygen atoms in total. The lowest BCUT2D eigenvalue weighted by molar-refractivity contribution is 0.472. The van der Waals surface area contributed by atoms with Crippen LogP contribution in [0, 0.1) is 6.92 Å². The number of ether oxygens (including phenoxy) is 1. The van der Waals surface area contributed by atoms with Gasteiger partial charge in [-0.05, 0) is 71.8 Å². The molecule has 0 amide bonds. The van der Waals surface area contributed by atoms with E-state index in [0.29, 0.717) is 0 Å². The van der Waals surface area contributed by atoms with Crippen LogP contribution < -0.4 is 9.64 Å². The number of hydrogen-bond acceptors (Lipinski definition) is 2. The van der Waals surface area contributed by atoms with Gasteiger partial charge in [0.15, 0.2) is 11.5 Å². The standard InChI is InChI=1S/C30H29NO/c1-21-10-14-25(15-11-21)31-26-16-12-23(18-22-8-6-5-7-9-22)19-28(26)32-29-20-24(30(2,3)4)13-17-27(29)31/h5-17,19-20H,18H2,1-4H3. The number of rotatable bonds is 3. The van der Waals surface area contributed by atoms with Gasteiger partial charge in [0.2, 0.25) is 0 Å². The largest absolute Gasteiger partial charge is 0.453 e. The van der Waals surface area contributed by atoms with Crippen molar-refractivity contribution in [2.45, 2.75) is 39.5 Å². The first-order chi connectivity index (χ1) is 15.4. The molecule has 160 valence electrons. The van der Waals surface area contributed by atoms with E-state index in [1.165, 1.54) is 22.3 Å². The first-order valence-electron chi connectivity index (χ1n) is 11.2. The number of aryl methyl sites for hydroxylation is 1. The van der Waals surface area contributed by atoms with Crippen molar-refractivity contribution >= 4 is 17.1 Å². The lowest BCUT2D eigenvalue weighted by atomic mass is 9.86.